The predicted molar refractivity (Wildman–Crippen MR) is 103 cm³/mol. The van der Waals surface area contributed by atoms with Gasteiger partial charge in [-0.2, -0.15) is 0 Å². The maximum atomic E-state index is 10.3. The zero-order chi connectivity index (χ0) is 16.8. The van der Waals surface area contributed by atoms with Crippen molar-refractivity contribution >= 4 is 17.4 Å². The molecule has 1 saturated heterocycles. The molecule has 1 heterocycles. The summed E-state index contributed by atoms with van der Waals surface area (Å²) in [7, 11) is 0. The number of para-hydroxylation sites is 1. The third-order valence-corrected chi connectivity index (χ3v) is 5.53. The van der Waals surface area contributed by atoms with E-state index in [0.29, 0.717) is 0 Å². The van der Waals surface area contributed by atoms with E-state index in [-0.39, 0.29) is 6.10 Å². The molecule has 0 radical (unpaired) electrons. The average molecular weight is 343 g/mol. The van der Waals surface area contributed by atoms with Gasteiger partial charge < -0.3 is 10.0 Å². The van der Waals surface area contributed by atoms with Gasteiger partial charge in [0.2, 0.25) is 0 Å². The second-order valence-corrected chi connectivity index (χ2v) is 7.50. The summed E-state index contributed by atoms with van der Waals surface area (Å²) in [6, 6.07) is 19.1. The first-order valence-electron chi connectivity index (χ1n) is 8.60. The van der Waals surface area contributed by atoms with Gasteiger partial charge >= 0.3 is 0 Å². The van der Waals surface area contributed by atoms with Gasteiger partial charge in [0.05, 0.1) is 6.10 Å². The van der Waals surface area contributed by atoms with Crippen LogP contribution in [0.3, 0.4) is 0 Å². The fraction of sp³-hybridized carbons (Fsp3) is 0.400. The van der Waals surface area contributed by atoms with E-state index in [2.05, 4.69) is 71.3 Å². The van der Waals surface area contributed by atoms with Gasteiger partial charge in [-0.3, -0.25) is 4.90 Å². The van der Waals surface area contributed by atoms with Crippen LogP contribution in [0.15, 0.2) is 59.5 Å². The SMILES string of the molecule is Cc1cccc(SCC(O)CN2CCN(c3ccccc3)CC2)c1. The zero-order valence-electron chi connectivity index (χ0n) is 14.3. The van der Waals surface area contributed by atoms with E-state index in [1.54, 1.807) is 11.8 Å². The molecule has 3 rings (SSSR count). The number of hydrogen-bond donors (Lipinski definition) is 1. The molecule has 1 fully saturated rings. The number of anilines is 1. The Morgan fingerprint density at radius 2 is 1.75 bits per heavy atom. The van der Waals surface area contributed by atoms with Crippen LogP contribution in [-0.2, 0) is 0 Å². The lowest BCUT2D eigenvalue weighted by Crippen LogP contribution is -2.48. The number of aryl methyl sites for hydroxylation is 1. The number of piperazine rings is 1. The molecule has 4 heteroatoms. The second kappa shape index (κ2) is 8.56. The Morgan fingerprint density at radius 3 is 2.46 bits per heavy atom. The van der Waals surface area contributed by atoms with Gasteiger partial charge in [0.25, 0.3) is 0 Å². The highest BCUT2D eigenvalue weighted by atomic mass is 32.2. The van der Waals surface area contributed by atoms with E-state index in [0.717, 1.165) is 38.5 Å². The van der Waals surface area contributed by atoms with Crippen LogP contribution in [0.5, 0.6) is 0 Å². The lowest BCUT2D eigenvalue weighted by molar-refractivity contribution is 0.126. The number of rotatable bonds is 6. The van der Waals surface area contributed by atoms with E-state index in [4.69, 9.17) is 0 Å². The van der Waals surface area contributed by atoms with E-state index in [1.807, 2.05) is 0 Å². The van der Waals surface area contributed by atoms with Crippen LogP contribution in [0.4, 0.5) is 5.69 Å². The molecule has 128 valence electrons. The average Bonchev–Trinajstić information content (AvgIpc) is 2.61. The maximum Gasteiger partial charge on any atom is 0.0760 e. The summed E-state index contributed by atoms with van der Waals surface area (Å²) in [4.78, 5) is 6.04. The summed E-state index contributed by atoms with van der Waals surface area (Å²) >= 11 is 1.74. The number of β-amino-alcohol motifs (C(OH)–C–C–N with tert-alkyl or cyclic N) is 1. The first-order chi connectivity index (χ1) is 11.7. The summed E-state index contributed by atoms with van der Waals surface area (Å²) in [5.74, 6) is 0.752. The van der Waals surface area contributed by atoms with Gasteiger partial charge in [-0.25, -0.2) is 0 Å². The monoisotopic (exact) mass is 342 g/mol. The van der Waals surface area contributed by atoms with Crippen LogP contribution >= 0.6 is 11.8 Å². The van der Waals surface area contributed by atoms with Crippen LogP contribution in [0.25, 0.3) is 0 Å². The molecule has 1 N–H and O–H groups in total. The number of thioether (sulfide) groups is 1. The van der Waals surface area contributed by atoms with Crippen molar-refractivity contribution in [3.05, 3.63) is 60.2 Å². The van der Waals surface area contributed by atoms with Crippen LogP contribution in [0, 0.1) is 6.92 Å². The standard InChI is InChI=1S/C20H26N2OS/c1-17-6-5-9-20(14-17)24-16-19(23)15-21-10-12-22(13-11-21)18-7-3-2-4-8-18/h2-9,14,19,23H,10-13,15-16H2,1H3. The van der Waals surface area contributed by atoms with Crippen LogP contribution in [0.1, 0.15) is 5.56 Å². The molecular weight excluding hydrogens is 316 g/mol. The zero-order valence-corrected chi connectivity index (χ0v) is 15.1. The maximum absolute atomic E-state index is 10.3. The van der Waals surface area contributed by atoms with Gasteiger partial charge in [0, 0.05) is 49.1 Å². The highest BCUT2D eigenvalue weighted by Gasteiger charge is 2.19. The molecule has 1 aliphatic rings. The van der Waals surface area contributed by atoms with E-state index in [1.165, 1.54) is 16.1 Å². The van der Waals surface area contributed by atoms with Crippen molar-refractivity contribution in [2.75, 3.05) is 43.4 Å². The van der Waals surface area contributed by atoms with Gasteiger partial charge in [-0.1, -0.05) is 35.9 Å². The molecule has 0 aliphatic carbocycles. The van der Waals surface area contributed by atoms with Crippen LogP contribution in [0.2, 0.25) is 0 Å². The third-order valence-electron chi connectivity index (χ3n) is 4.39. The summed E-state index contributed by atoms with van der Waals surface area (Å²) < 4.78 is 0. The van der Waals surface area contributed by atoms with Gasteiger partial charge in [0.1, 0.15) is 0 Å². The van der Waals surface area contributed by atoms with Gasteiger partial charge in [-0.05, 0) is 31.2 Å². The van der Waals surface area contributed by atoms with Crippen LogP contribution in [-0.4, -0.2) is 54.6 Å². The molecule has 2 aromatic rings. The van der Waals surface area contributed by atoms with Crippen molar-refractivity contribution in [3.63, 3.8) is 0 Å². The van der Waals surface area contributed by atoms with Crippen LogP contribution < -0.4 is 4.90 Å². The molecule has 0 amide bonds. The normalized spacial score (nSPS) is 17.0. The fourth-order valence-electron chi connectivity index (χ4n) is 3.08. The fourth-order valence-corrected chi connectivity index (χ4v) is 4.01. The molecular formula is C20H26N2OS. The van der Waals surface area contributed by atoms with E-state index in [9.17, 15) is 5.11 Å². The lowest BCUT2D eigenvalue weighted by atomic mass is 10.2. The lowest BCUT2D eigenvalue weighted by Gasteiger charge is -2.36. The number of aliphatic hydroxyl groups is 1. The second-order valence-electron chi connectivity index (χ2n) is 6.40. The van der Waals surface area contributed by atoms with E-state index < -0.39 is 0 Å². The number of nitrogens with zero attached hydrogens (tertiary/aromatic N) is 2. The molecule has 24 heavy (non-hydrogen) atoms. The molecule has 3 nitrogen and oxygen atoms in total. The Labute approximate surface area is 149 Å². The van der Waals surface area contributed by atoms with Crippen molar-refractivity contribution in [2.45, 2.75) is 17.9 Å². The van der Waals surface area contributed by atoms with Crippen molar-refractivity contribution in [3.8, 4) is 0 Å². The van der Waals surface area contributed by atoms with E-state index >= 15 is 0 Å². The molecule has 0 aromatic heterocycles. The number of aliphatic hydroxyl groups excluding tert-OH is 1. The Hall–Kier alpha value is -1.49. The van der Waals surface area contributed by atoms with Crippen molar-refractivity contribution in [1.82, 2.24) is 4.90 Å². The smallest absolute Gasteiger partial charge is 0.0760 e. The van der Waals surface area contributed by atoms with Crippen molar-refractivity contribution < 1.29 is 5.11 Å². The van der Waals surface area contributed by atoms with Crippen molar-refractivity contribution in [1.29, 1.82) is 0 Å². The Morgan fingerprint density at radius 1 is 1.00 bits per heavy atom. The predicted octanol–water partition coefficient (Wildman–Crippen LogP) is 3.27. The topological polar surface area (TPSA) is 26.7 Å². The largest absolute Gasteiger partial charge is 0.391 e. The minimum atomic E-state index is -0.279. The molecule has 2 aromatic carbocycles. The molecule has 0 spiro atoms. The summed E-state index contributed by atoms with van der Waals surface area (Å²) in [5.41, 5.74) is 2.57. The van der Waals surface area contributed by atoms with Gasteiger partial charge in [-0.15, -0.1) is 11.8 Å². The highest BCUT2D eigenvalue weighted by molar-refractivity contribution is 7.99. The quantitative estimate of drug-likeness (QED) is 0.815. The Balaban J connectivity index is 1.41. The number of benzene rings is 2. The molecule has 0 bridgehead atoms. The van der Waals surface area contributed by atoms with Crippen molar-refractivity contribution in [2.24, 2.45) is 0 Å². The van der Waals surface area contributed by atoms with Gasteiger partial charge in [0.15, 0.2) is 0 Å². The minimum absolute atomic E-state index is 0.279. The summed E-state index contributed by atoms with van der Waals surface area (Å²) in [6.07, 6.45) is -0.279. The highest BCUT2D eigenvalue weighted by Crippen LogP contribution is 2.20. The summed E-state index contributed by atoms with van der Waals surface area (Å²) in [5, 5.41) is 10.3. The first-order valence-corrected chi connectivity index (χ1v) is 9.59. The first kappa shape index (κ1) is 17.3. The Bertz CT molecular complexity index is 627. The molecule has 0 saturated carbocycles. The molecule has 1 atom stereocenters. The minimum Gasteiger partial charge on any atom is -0.391 e. The summed E-state index contributed by atoms with van der Waals surface area (Å²) in [6.45, 7) is 6.96. The third kappa shape index (κ3) is 5.00. The number of hydrogen-bond acceptors (Lipinski definition) is 4. The Kier molecular flexibility index (Phi) is 6.18. The molecule has 1 aliphatic heterocycles. The molecule has 1 unspecified atom stereocenters.